The number of hydrogen-bond acceptors (Lipinski definition) is 9. The molecule has 15 rings (SSSR count). The first-order valence-electron chi connectivity index (χ1n) is 32.0. The maximum absolute atomic E-state index is 14.2. The molecule has 2 N–H and O–H groups in total. The zero-order chi connectivity index (χ0) is 58.8. The fourth-order valence-corrected chi connectivity index (χ4v) is 17.1. The Hall–Kier alpha value is -5.44. The molecule has 3 aromatic carbocycles. The van der Waals surface area contributed by atoms with Gasteiger partial charge >= 0.3 is 12.2 Å². The molecule has 2 amide bonds. The number of hydrogen-bond donors (Lipinski definition) is 2. The van der Waals surface area contributed by atoms with E-state index in [-0.39, 0.29) is 45.9 Å². The summed E-state index contributed by atoms with van der Waals surface area (Å²) in [5.41, 5.74) is 4.66. The van der Waals surface area contributed by atoms with E-state index in [9.17, 15) is 27.6 Å². The summed E-state index contributed by atoms with van der Waals surface area (Å²) in [6.07, 6.45) is 28.5. The highest BCUT2D eigenvalue weighted by molar-refractivity contribution is 5.92. The molecule has 6 heterocycles. The van der Waals surface area contributed by atoms with Gasteiger partial charge in [-0.2, -0.15) is 0 Å². The number of anilines is 3. The first-order chi connectivity index (χ1) is 40.1. The number of piperidine rings is 3. The van der Waals surface area contributed by atoms with Crippen LogP contribution in [0.25, 0.3) is 0 Å². The van der Waals surface area contributed by atoms with Crippen molar-refractivity contribution in [2.24, 2.45) is 53.3 Å². The Morgan fingerprint density at radius 3 is 1.38 bits per heavy atom. The second kappa shape index (κ2) is 23.3. The van der Waals surface area contributed by atoms with Crippen LogP contribution in [0.5, 0.6) is 0 Å². The fraction of sp³-hybridized carbons (Fsp3) is 0.614. The van der Waals surface area contributed by atoms with E-state index in [1.54, 1.807) is 46.2 Å². The average Bonchev–Trinajstić information content (AvgIpc) is 1.93. The number of nitrogens with one attached hydrogen (secondary N) is 2. The molecule has 11 nitrogen and oxygen atoms in total. The third-order valence-electron chi connectivity index (χ3n) is 21.5. The molecule has 3 aromatic rings. The van der Waals surface area contributed by atoms with Gasteiger partial charge in [0, 0.05) is 60.6 Å². The molecular weight excluding hydrogens is 1060 g/mol. The number of rotatable bonds is 5. The van der Waals surface area contributed by atoms with E-state index in [4.69, 9.17) is 9.47 Å². The number of allylic oxidation sites excluding steroid dienone is 6. The molecule has 6 aliphatic carbocycles. The highest BCUT2D eigenvalue weighted by Gasteiger charge is 2.50. The van der Waals surface area contributed by atoms with Crippen LogP contribution in [0.2, 0.25) is 0 Å². The van der Waals surface area contributed by atoms with Gasteiger partial charge in [-0.3, -0.25) is 9.80 Å². The van der Waals surface area contributed by atoms with Crippen LogP contribution in [-0.2, 0) is 30.5 Å². The van der Waals surface area contributed by atoms with E-state index in [2.05, 4.69) is 56.9 Å². The van der Waals surface area contributed by atoms with Crippen LogP contribution >= 0.6 is 0 Å². The maximum atomic E-state index is 14.2. The lowest BCUT2D eigenvalue weighted by molar-refractivity contribution is -0.111. The van der Waals surface area contributed by atoms with Gasteiger partial charge in [-0.05, 0) is 276 Å². The zero-order valence-electron chi connectivity index (χ0n) is 50.7. The normalized spacial score (nSPS) is 30.1. The van der Waals surface area contributed by atoms with Crippen molar-refractivity contribution in [3.63, 3.8) is 0 Å². The SMILES string of the molecule is CC(C)(C)OC(=O)N1CC2(CCN(C[C@@H]3C[C@@H]4C=C[C@H]3C4)CC2)c2cc(F)ccc21.CC(C)(C)OC(=O)N1CC2(CCNCC2)c2cc(F)ccc21.Fc1ccc2c(c1)C1(CCN(C[C@@H]3C[C@@H]4C=C[C@H]3C4)CC1)CN2.O=C[C@@H]1C[C@@H]2C=C[C@H]1C2. The first-order valence-corrected chi connectivity index (χ1v) is 32.0. The van der Waals surface area contributed by atoms with Gasteiger partial charge < -0.3 is 34.7 Å². The number of carbonyl (C=O) groups is 3. The molecule has 6 fully saturated rings. The molecule has 3 saturated heterocycles. The molecule has 0 unspecified atom stereocenters. The fourth-order valence-electron chi connectivity index (χ4n) is 17.1. The van der Waals surface area contributed by atoms with Crippen LogP contribution in [0, 0.1) is 70.7 Å². The quantitative estimate of drug-likeness (QED) is 0.191. The molecule has 9 atom stereocenters. The smallest absolute Gasteiger partial charge is 0.414 e. The van der Waals surface area contributed by atoms with Gasteiger partial charge in [0.15, 0.2) is 0 Å². The molecule has 0 aromatic heterocycles. The van der Waals surface area contributed by atoms with Gasteiger partial charge in [0.1, 0.15) is 34.9 Å². The van der Waals surface area contributed by atoms with E-state index < -0.39 is 11.2 Å². The molecule has 3 spiro atoms. The molecule has 6 bridgehead atoms. The van der Waals surface area contributed by atoms with Crippen molar-refractivity contribution in [3.8, 4) is 0 Å². The molecular formula is C70H91F3N6O5. The Kier molecular flexibility index (Phi) is 16.4. The van der Waals surface area contributed by atoms with Crippen LogP contribution in [0.15, 0.2) is 91.1 Å². The minimum Gasteiger partial charge on any atom is -0.443 e. The van der Waals surface area contributed by atoms with Gasteiger partial charge in [0.05, 0.1) is 11.4 Å². The molecule has 14 heteroatoms. The van der Waals surface area contributed by atoms with Gasteiger partial charge in [-0.25, -0.2) is 22.8 Å². The number of amides is 2. The minimum atomic E-state index is -0.550. The third-order valence-corrected chi connectivity index (χ3v) is 21.5. The number of halogens is 3. The van der Waals surface area contributed by atoms with Crippen molar-refractivity contribution >= 4 is 35.5 Å². The van der Waals surface area contributed by atoms with Crippen LogP contribution < -0.4 is 20.4 Å². The lowest BCUT2D eigenvalue weighted by Gasteiger charge is -2.41. The summed E-state index contributed by atoms with van der Waals surface area (Å²) in [6.45, 7) is 21.9. The monoisotopic (exact) mass is 1150 g/mol. The number of ether oxygens (including phenoxy) is 2. The Labute approximate surface area is 497 Å². The highest BCUT2D eigenvalue weighted by atomic mass is 19.1. The van der Waals surface area contributed by atoms with Gasteiger partial charge in [0.25, 0.3) is 0 Å². The van der Waals surface area contributed by atoms with Crippen molar-refractivity contribution in [2.45, 2.75) is 146 Å². The molecule has 12 aliphatic rings. The van der Waals surface area contributed by atoms with Crippen molar-refractivity contribution in [1.82, 2.24) is 15.1 Å². The number of carbonyl (C=O) groups excluding carboxylic acids is 3. The van der Waals surface area contributed by atoms with E-state index in [0.29, 0.717) is 24.9 Å². The molecule has 6 aliphatic heterocycles. The van der Waals surface area contributed by atoms with Crippen molar-refractivity contribution < 1.29 is 37.0 Å². The predicted octanol–water partition coefficient (Wildman–Crippen LogP) is 13.5. The van der Waals surface area contributed by atoms with E-state index in [1.807, 2.05) is 47.6 Å². The Morgan fingerprint density at radius 2 is 0.976 bits per heavy atom. The Morgan fingerprint density at radius 1 is 0.548 bits per heavy atom. The van der Waals surface area contributed by atoms with Crippen molar-refractivity contribution in [1.29, 1.82) is 0 Å². The second-order valence-electron chi connectivity index (χ2n) is 29.4. The van der Waals surface area contributed by atoms with E-state index >= 15 is 0 Å². The van der Waals surface area contributed by atoms with Crippen LogP contribution in [0.3, 0.4) is 0 Å². The summed E-state index contributed by atoms with van der Waals surface area (Å²) in [7, 11) is 0. The van der Waals surface area contributed by atoms with Crippen LogP contribution in [0.4, 0.5) is 39.8 Å². The van der Waals surface area contributed by atoms with E-state index in [1.165, 1.54) is 62.9 Å². The molecule has 84 heavy (non-hydrogen) atoms. The average molecular weight is 1150 g/mol. The second-order valence-corrected chi connectivity index (χ2v) is 29.4. The van der Waals surface area contributed by atoms with Crippen molar-refractivity contribution in [2.75, 3.05) is 87.1 Å². The molecule has 0 radical (unpaired) electrons. The number of benzene rings is 3. The summed E-state index contributed by atoms with van der Waals surface area (Å²) in [4.78, 5) is 44.5. The molecule has 452 valence electrons. The highest BCUT2D eigenvalue weighted by Crippen LogP contribution is 2.52. The van der Waals surface area contributed by atoms with Gasteiger partial charge in [-0.15, -0.1) is 0 Å². The lowest BCUT2D eigenvalue weighted by atomic mass is 9.74. The summed E-state index contributed by atoms with van der Waals surface area (Å²) in [5.74, 6) is 6.11. The predicted molar refractivity (Wildman–Crippen MR) is 326 cm³/mol. The third kappa shape index (κ3) is 12.3. The Bertz CT molecular complexity index is 3020. The van der Waals surface area contributed by atoms with E-state index in [0.717, 1.165) is 167 Å². The zero-order valence-corrected chi connectivity index (χ0v) is 50.7. The first kappa shape index (κ1) is 58.9. The number of nitrogens with zero attached hydrogens (tertiary/aromatic N) is 4. The summed E-state index contributed by atoms with van der Waals surface area (Å²) in [6, 6.07) is 14.8. The topological polar surface area (TPSA) is 107 Å². The van der Waals surface area contributed by atoms with Crippen LogP contribution in [-0.4, -0.2) is 111 Å². The number of aldehydes is 1. The number of fused-ring (bicyclic) bond motifs is 12. The lowest BCUT2D eigenvalue weighted by Crippen LogP contribution is -2.47. The summed E-state index contributed by atoms with van der Waals surface area (Å²) >= 11 is 0. The largest absolute Gasteiger partial charge is 0.443 e. The maximum Gasteiger partial charge on any atom is 0.414 e. The standard InChI is InChI=1S/C25H33FN2O2.C20H25FN2.C17H23FN2O2.C8H10O/c1-24(2,3)30-23(29)28-16-25(21-14-20(26)6-7-22(21)28)8-10-27(11-9-25)15-19-13-17-4-5-18(19)12-17;21-17-3-4-19-18(11-17)20(13-22-19)5-7-23(8-6-20)12-16-10-14-1-2-15(16)9-14;1-16(2,3)22-15(21)20-11-17(6-8-19-9-7-17)13-10-12(18)4-5-14(13)20;9-5-8-4-6-1-2-7(8)3-6/h4-7,14,17-19H,8-13,15-16H2,1-3H3;1-4,11,14-16,22H,5-10,12-13H2;4-5,10,19H,6-9,11H2,1-3H3;1-2,5-8H,3-4H2/t17-,18+,19+;14-,15+,16+;;6-,7+,8+/m11.1/s1. The molecule has 3 saturated carbocycles. The van der Waals surface area contributed by atoms with Gasteiger partial charge in [0.2, 0.25) is 0 Å². The van der Waals surface area contributed by atoms with Crippen LogP contribution in [0.1, 0.15) is 135 Å². The van der Waals surface area contributed by atoms with Crippen molar-refractivity contribution in [3.05, 3.63) is 125 Å². The summed E-state index contributed by atoms with van der Waals surface area (Å²) in [5, 5.41) is 6.84. The Balaban J connectivity index is 0.000000116. The van der Waals surface area contributed by atoms with Gasteiger partial charge in [-0.1, -0.05) is 36.5 Å². The summed E-state index contributed by atoms with van der Waals surface area (Å²) < 4.78 is 52.8. The minimum absolute atomic E-state index is 0.0944. The number of likely N-dealkylation sites (tertiary alicyclic amines) is 2.